The van der Waals surface area contributed by atoms with Crippen LogP contribution >= 0.6 is 12.4 Å². The maximum Gasteiger partial charge on any atom is 0.257 e. The fourth-order valence-electron chi connectivity index (χ4n) is 4.15. The summed E-state index contributed by atoms with van der Waals surface area (Å²) in [5.74, 6) is 1.88. The molecule has 4 rings (SSSR count). The molecular weight excluding hydrogens is 364 g/mol. The second-order valence-electron chi connectivity index (χ2n) is 7.49. The van der Waals surface area contributed by atoms with Crippen molar-refractivity contribution < 1.29 is 9.32 Å². The Balaban J connectivity index is 0.00000210. The van der Waals surface area contributed by atoms with Gasteiger partial charge in [0.25, 0.3) is 5.89 Å². The quantitative estimate of drug-likeness (QED) is 0.827. The second kappa shape index (κ2) is 8.40. The van der Waals surface area contributed by atoms with Crippen molar-refractivity contribution in [3.05, 3.63) is 29.6 Å². The fourth-order valence-corrected chi connectivity index (χ4v) is 4.15. The number of aromatic nitrogens is 2. The van der Waals surface area contributed by atoms with Gasteiger partial charge in [-0.3, -0.25) is 4.79 Å². The molecule has 1 saturated heterocycles. The van der Waals surface area contributed by atoms with Crippen LogP contribution in [0.3, 0.4) is 0 Å². The topological polar surface area (TPSA) is 80.0 Å². The summed E-state index contributed by atoms with van der Waals surface area (Å²) in [5, 5.41) is 10.6. The van der Waals surface area contributed by atoms with Crippen LogP contribution in [-0.2, 0) is 11.2 Å². The Morgan fingerprint density at radius 1 is 1.33 bits per heavy atom. The van der Waals surface area contributed by atoms with Gasteiger partial charge in [-0.15, -0.1) is 12.4 Å². The lowest BCUT2D eigenvalue weighted by atomic mass is 9.85. The van der Waals surface area contributed by atoms with E-state index in [0.717, 1.165) is 29.7 Å². The highest BCUT2D eigenvalue weighted by atomic mass is 35.5. The van der Waals surface area contributed by atoms with Crippen LogP contribution in [0.4, 0.5) is 5.69 Å². The van der Waals surface area contributed by atoms with Crippen LogP contribution in [0.5, 0.6) is 0 Å². The van der Waals surface area contributed by atoms with Crippen molar-refractivity contribution in [3.63, 3.8) is 0 Å². The van der Waals surface area contributed by atoms with Crippen molar-refractivity contribution >= 4 is 24.0 Å². The lowest BCUT2D eigenvalue weighted by molar-refractivity contribution is -0.117. The number of nitrogens with one attached hydrogen (secondary N) is 2. The van der Waals surface area contributed by atoms with E-state index in [1.165, 1.54) is 25.7 Å². The monoisotopic (exact) mass is 390 g/mol. The van der Waals surface area contributed by atoms with Crippen molar-refractivity contribution in [2.75, 3.05) is 5.32 Å². The van der Waals surface area contributed by atoms with Gasteiger partial charge >= 0.3 is 0 Å². The maximum absolute atomic E-state index is 12.8. The second-order valence-corrected chi connectivity index (χ2v) is 7.49. The highest BCUT2D eigenvalue weighted by Gasteiger charge is 2.38. The van der Waals surface area contributed by atoms with Crippen LogP contribution in [0, 0.1) is 12.8 Å². The minimum absolute atomic E-state index is 0. The molecule has 2 aliphatic rings. The number of carbonyl (C=O) groups excluding carboxylic acids is 1. The molecule has 146 valence electrons. The zero-order valence-corrected chi connectivity index (χ0v) is 16.6. The van der Waals surface area contributed by atoms with Gasteiger partial charge in [0.15, 0.2) is 5.82 Å². The molecule has 1 aromatic carbocycles. The number of carbonyl (C=O) groups is 1. The number of hydrogen-bond donors (Lipinski definition) is 2. The van der Waals surface area contributed by atoms with Gasteiger partial charge in [-0.25, -0.2) is 0 Å². The Morgan fingerprint density at radius 2 is 2.15 bits per heavy atom. The van der Waals surface area contributed by atoms with Crippen LogP contribution in [0.1, 0.15) is 50.4 Å². The Labute approximate surface area is 165 Å². The molecule has 7 heteroatoms. The van der Waals surface area contributed by atoms with Crippen LogP contribution in [0.2, 0.25) is 0 Å². The predicted octanol–water partition coefficient (Wildman–Crippen LogP) is 3.89. The first kappa shape index (κ1) is 19.8. The summed E-state index contributed by atoms with van der Waals surface area (Å²) in [6.07, 6.45) is 6.68. The smallest absolute Gasteiger partial charge is 0.257 e. The van der Waals surface area contributed by atoms with Gasteiger partial charge in [0.05, 0.1) is 6.04 Å². The molecule has 2 N–H and O–H groups in total. The van der Waals surface area contributed by atoms with Crippen molar-refractivity contribution in [1.82, 2.24) is 15.5 Å². The summed E-state index contributed by atoms with van der Waals surface area (Å²) in [7, 11) is 0. The zero-order chi connectivity index (χ0) is 18.1. The first-order chi connectivity index (χ1) is 12.6. The summed E-state index contributed by atoms with van der Waals surface area (Å²) in [5.41, 5.74) is 2.65. The fraction of sp³-hybridized carbons (Fsp3) is 0.550. The number of fused-ring (bicyclic) bond motifs is 1. The van der Waals surface area contributed by atoms with Crippen molar-refractivity contribution in [3.8, 4) is 11.5 Å². The van der Waals surface area contributed by atoms with Crippen molar-refractivity contribution in [2.45, 2.75) is 64.5 Å². The SMILES string of the molecule is CCc1noc(-c2ccc(C)c(NC(=O)C3CC4CCCCC4N3)c2)n1.Cl. The van der Waals surface area contributed by atoms with E-state index >= 15 is 0 Å². The van der Waals surface area contributed by atoms with Crippen molar-refractivity contribution in [1.29, 1.82) is 0 Å². The molecule has 3 unspecified atom stereocenters. The minimum Gasteiger partial charge on any atom is -0.334 e. The number of aryl methyl sites for hydroxylation is 2. The summed E-state index contributed by atoms with van der Waals surface area (Å²) >= 11 is 0. The summed E-state index contributed by atoms with van der Waals surface area (Å²) < 4.78 is 5.32. The Hall–Kier alpha value is -1.92. The zero-order valence-electron chi connectivity index (χ0n) is 15.8. The van der Waals surface area contributed by atoms with Gasteiger partial charge in [-0.1, -0.05) is 31.0 Å². The lowest BCUT2D eigenvalue weighted by Crippen LogP contribution is -2.40. The molecular formula is C20H27ClN4O2. The van der Waals surface area contributed by atoms with Crippen LogP contribution in [0.15, 0.2) is 22.7 Å². The Kier molecular flexibility index (Phi) is 6.17. The highest BCUT2D eigenvalue weighted by Crippen LogP contribution is 2.34. The van der Waals surface area contributed by atoms with Gasteiger partial charge in [0.2, 0.25) is 5.91 Å². The molecule has 1 aromatic heterocycles. The molecule has 1 saturated carbocycles. The molecule has 0 spiro atoms. The molecule has 3 atom stereocenters. The average Bonchev–Trinajstić information content (AvgIpc) is 3.30. The van der Waals surface area contributed by atoms with E-state index in [-0.39, 0.29) is 24.4 Å². The first-order valence-corrected chi connectivity index (χ1v) is 9.64. The molecule has 0 bridgehead atoms. The summed E-state index contributed by atoms with van der Waals surface area (Å²) in [6, 6.07) is 6.25. The molecule has 0 radical (unpaired) electrons. The molecule has 1 aliphatic carbocycles. The Bertz CT molecular complexity index is 793. The minimum atomic E-state index is -0.0961. The van der Waals surface area contributed by atoms with Gasteiger partial charge in [-0.05, 0) is 49.8 Å². The van der Waals surface area contributed by atoms with E-state index < -0.39 is 0 Å². The van der Waals surface area contributed by atoms with Gasteiger partial charge < -0.3 is 15.2 Å². The molecule has 2 heterocycles. The van der Waals surface area contributed by atoms with E-state index in [4.69, 9.17) is 4.52 Å². The molecule has 2 fully saturated rings. The summed E-state index contributed by atoms with van der Waals surface area (Å²) in [6.45, 7) is 3.98. The normalized spacial score (nSPS) is 24.1. The number of anilines is 1. The third-order valence-electron chi connectivity index (χ3n) is 5.71. The van der Waals surface area contributed by atoms with E-state index in [1.54, 1.807) is 0 Å². The van der Waals surface area contributed by atoms with Crippen LogP contribution in [-0.4, -0.2) is 28.1 Å². The molecule has 6 nitrogen and oxygen atoms in total. The number of hydrogen-bond acceptors (Lipinski definition) is 5. The standard InChI is InChI=1S/C20H26N4O2.ClH/c1-3-18-23-20(26-24-18)14-9-8-12(2)16(11-14)22-19(25)17-10-13-6-4-5-7-15(13)21-17;/h8-9,11,13,15,17,21H,3-7,10H2,1-2H3,(H,22,25);1H. The number of nitrogens with zero attached hydrogens (tertiary/aromatic N) is 2. The highest BCUT2D eigenvalue weighted by molar-refractivity contribution is 5.96. The molecule has 1 aliphatic heterocycles. The van der Waals surface area contributed by atoms with E-state index in [9.17, 15) is 4.79 Å². The third-order valence-corrected chi connectivity index (χ3v) is 5.71. The summed E-state index contributed by atoms with van der Waals surface area (Å²) in [4.78, 5) is 17.2. The van der Waals surface area contributed by atoms with E-state index in [1.807, 2.05) is 32.0 Å². The van der Waals surface area contributed by atoms with Gasteiger partial charge in [-0.2, -0.15) is 4.98 Å². The average molecular weight is 391 g/mol. The van der Waals surface area contributed by atoms with Crippen molar-refractivity contribution in [2.24, 2.45) is 5.92 Å². The largest absolute Gasteiger partial charge is 0.334 e. The number of halogens is 1. The van der Waals surface area contributed by atoms with Crippen LogP contribution < -0.4 is 10.6 Å². The molecule has 27 heavy (non-hydrogen) atoms. The third kappa shape index (κ3) is 4.17. The molecule has 1 amide bonds. The number of amides is 1. The van der Waals surface area contributed by atoms with Gasteiger partial charge in [0, 0.05) is 23.7 Å². The van der Waals surface area contributed by atoms with Gasteiger partial charge in [0.1, 0.15) is 0 Å². The first-order valence-electron chi connectivity index (χ1n) is 9.64. The van der Waals surface area contributed by atoms with Crippen LogP contribution in [0.25, 0.3) is 11.5 Å². The predicted molar refractivity (Wildman–Crippen MR) is 107 cm³/mol. The molecule has 2 aromatic rings. The number of benzene rings is 1. The lowest BCUT2D eigenvalue weighted by Gasteiger charge is -2.24. The van der Waals surface area contributed by atoms with E-state index in [2.05, 4.69) is 20.8 Å². The maximum atomic E-state index is 12.8. The van der Waals surface area contributed by atoms with E-state index in [0.29, 0.717) is 23.7 Å². The number of rotatable bonds is 4. The Morgan fingerprint density at radius 3 is 2.89 bits per heavy atom.